The maximum atomic E-state index is 13.0. The molecule has 0 aliphatic rings. The third kappa shape index (κ3) is 2.85. The number of halogens is 3. The van der Waals surface area contributed by atoms with Gasteiger partial charge in [0.1, 0.15) is 0 Å². The minimum atomic E-state index is -1.58. The van der Waals surface area contributed by atoms with Gasteiger partial charge in [-0.15, -0.1) is 0 Å². The fourth-order valence-electron chi connectivity index (χ4n) is 1.47. The van der Waals surface area contributed by atoms with Crippen LogP contribution in [0, 0.1) is 17.5 Å². The third-order valence-corrected chi connectivity index (χ3v) is 2.41. The number of carbonyl (C=O) groups is 1. The van der Waals surface area contributed by atoms with Gasteiger partial charge in [-0.25, -0.2) is 13.2 Å². The zero-order valence-corrected chi connectivity index (χ0v) is 9.58. The van der Waals surface area contributed by atoms with Crippen LogP contribution >= 0.6 is 0 Å². The third-order valence-electron chi connectivity index (χ3n) is 2.41. The first-order valence-corrected chi connectivity index (χ1v) is 5.29. The summed E-state index contributed by atoms with van der Waals surface area (Å²) in [6, 6.07) is 7.35. The molecule has 0 aliphatic carbocycles. The van der Waals surface area contributed by atoms with Gasteiger partial charge in [-0.1, -0.05) is 0 Å². The van der Waals surface area contributed by atoms with E-state index in [1.165, 1.54) is 24.3 Å². The second kappa shape index (κ2) is 5.01. The summed E-state index contributed by atoms with van der Waals surface area (Å²) in [6.45, 7) is 0. The number of nitrogens with two attached hydrogens (primary N) is 1. The summed E-state index contributed by atoms with van der Waals surface area (Å²) in [6.07, 6.45) is 0. The number of nitrogens with one attached hydrogen (secondary N) is 1. The molecule has 0 atom stereocenters. The van der Waals surface area contributed by atoms with E-state index < -0.39 is 23.4 Å². The fraction of sp³-hybridized carbons (Fsp3) is 0. The van der Waals surface area contributed by atoms with Crippen LogP contribution in [0.1, 0.15) is 10.4 Å². The Labute approximate surface area is 106 Å². The number of rotatable bonds is 2. The summed E-state index contributed by atoms with van der Waals surface area (Å²) in [5.41, 5.74) is 6.04. The Kier molecular flexibility index (Phi) is 3.41. The second-order valence-corrected chi connectivity index (χ2v) is 3.83. The maximum absolute atomic E-state index is 13.0. The Bertz CT molecular complexity index is 603. The summed E-state index contributed by atoms with van der Waals surface area (Å²) in [4.78, 5) is 11.7. The van der Waals surface area contributed by atoms with E-state index in [2.05, 4.69) is 5.32 Å². The highest BCUT2D eigenvalue weighted by molar-refractivity contribution is 6.04. The lowest BCUT2D eigenvalue weighted by Crippen LogP contribution is -2.12. The van der Waals surface area contributed by atoms with Crippen LogP contribution in [0.15, 0.2) is 36.4 Å². The van der Waals surface area contributed by atoms with E-state index in [1.54, 1.807) is 0 Å². The number of hydrogen-bond acceptors (Lipinski definition) is 2. The highest BCUT2D eigenvalue weighted by Crippen LogP contribution is 2.18. The molecule has 0 saturated carbocycles. The van der Waals surface area contributed by atoms with Gasteiger partial charge in [0.25, 0.3) is 5.91 Å². The van der Waals surface area contributed by atoms with E-state index in [9.17, 15) is 18.0 Å². The standard InChI is InChI=1S/C13H9F3N2O/c14-10-5-9(6-11(15)12(10)16)18-13(19)7-1-3-8(17)4-2-7/h1-6H,17H2,(H,18,19). The molecule has 98 valence electrons. The van der Waals surface area contributed by atoms with Gasteiger partial charge in [0.15, 0.2) is 17.5 Å². The van der Waals surface area contributed by atoms with Crippen LogP contribution in [-0.2, 0) is 0 Å². The van der Waals surface area contributed by atoms with E-state index in [4.69, 9.17) is 5.73 Å². The molecular formula is C13H9F3N2O. The molecule has 0 radical (unpaired) electrons. The van der Waals surface area contributed by atoms with E-state index in [1.807, 2.05) is 0 Å². The average molecular weight is 266 g/mol. The van der Waals surface area contributed by atoms with Crippen molar-refractivity contribution >= 4 is 17.3 Å². The van der Waals surface area contributed by atoms with Crippen molar-refractivity contribution in [2.75, 3.05) is 11.1 Å². The van der Waals surface area contributed by atoms with Crippen LogP contribution in [0.5, 0.6) is 0 Å². The molecule has 19 heavy (non-hydrogen) atoms. The van der Waals surface area contributed by atoms with Crippen molar-refractivity contribution in [3.05, 3.63) is 59.4 Å². The molecule has 1 amide bonds. The van der Waals surface area contributed by atoms with Crippen molar-refractivity contribution in [3.63, 3.8) is 0 Å². The molecule has 0 heterocycles. The second-order valence-electron chi connectivity index (χ2n) is 3.83. The molecule has 0 fully saturated rings. The summed E-state index contributed by atoms with van der Waals surface area (Å²) < 4.78 is 38.7. The van der Waals surface area contributed by atoms with Gasteiger partial charge >= 0.3 is 0 Å². The zero-order valence-electron chi connectivity index (χ0n) is 9.58. The molecule has 3 nitrogen and oxygen atoms in total. The molecule has 6 heteroatoms. The average Bonchev–Trinajstić information content (AvgIpc) is 2.36. The number of hydrogen-bond donors (Lipinski definition) is 2. The lowest BCUT2D eigenvalue weighted by molar-refractivity contribution is 0.102. The van der Waals surface area contributed by atoms with Crippen LogP contribution in [0.2, 0.25) is 0 Å². The Morgan fingerprint density at radius 2 is 1.53 bits per heavy atom. The number of carbonyl (C=O) groups excluding carboxylic acids is 1. The highest BCUT2D eigenvalue weighted by Gasteiger charge is 2.12. The summed E-state index contributed by atoms with van der Waals surface area (Å²) in [5.74, 6) is -4.89. The molecular weight excluding hydrogens is 257 g/mol. The van der Waals surface area contributed by atoms with E-state index in [0.717, 1.165) is 0 Å². The first-order valence-electron chi connectivity index (χ1n) is 5.29. The van der Waals surface area contributed by atoms with Crippen LogP contribution in [0.4, 0.5) is 24.5 Å². The molecule has 0 aliphatic heterocycles. The van der Waals surface area contributed by atoms with Crippen molar-refractivity contribution in [2.24, 2.45) is 0 Å². The normalized spacial score (nSPS) is 10.3. The van der Waals surface area contributed by atoms with Gasteiger partial charge in [-0.05, 0) is 24.3 Å². The van der Waals surface area contributed by atoms with Gasteiger partial charge in [0, 0.05) is 29.1 Å². The Balaban J connectivity index is 2.22. The van der Waals surface area contributed by atoms with Crippen molar-refractivity contribution in [3.8, 4) is 0 Å². The van der Waals surface area contributed by atoms with Gasteiger partial charge in [0.05, 0.1) is 0 Å². The summed E-state index contributed by atoms with van der Waals surface area (Å²) in [7, 11) is 0. The molecule has 2 rings (SSSR count). The van der Waals surface area contributed by atoms with E-state index in [0.29, 0.717) is 17.8 Å². The van der Waals surface area contributed by atoms with Crippen LogP contribution in [-0.4, -0.2) is 5.91 Å². The molecule has 3 N–H and O–H groups in total. The van der Waals surface area contributed by atoms with Crippen LogP contribution in [0.3, 0.4) is 0 Å². The van der Waals surface area contributed by atoms with E-state index >= 15 is 0 Å². The maximum Gasteiger partial charge on any atom is 0.255 e. The number of benzene rings is 2. The first kappa shape index (κ1) is 12.9. The SMILES string of the molecule is Nc1ccc(C(=O)Nc2cc(F)c(F)c(F)c2)cc1. The smallest absolute Gasteiger partial charge is 0.255 e. The van der Waals surface area contributed by atoms with Crippen molar-refractivity contribution in [2.45, 2.75) is 0 Å². The van der Waals surface area contributed by atoms with Gasteiger partial charge < -0.3 is 11.1 Å². The zero-order chi connectivity index (χ0) is 14.0. The molecule has 0 saturated heterocycles. The Morgan fingerprint density at radius 1 is 1.00 bits per heavy atom. The first-order chi connectivity index (χ1) is 8.97. The predicted octanol–water partition coefficient (Wildman–Crippen LogP) is 2.94. The molecule has 0 spiro atoms. The number of nitrogen functional groups attached to an aromatic ring is 1. The number of amides is 1. The monoisotopic (exact) mass is 266 g/mol. The van der Waals surface area contributed by atoms with E-state index in [-0.39, 0.29) is 11.3 Å². The Morgan fingerprint density at radius 3 is 2.05 bits per heavy atom. The van der Waals surface area contributed by atoms with Crippen LogP contribution in [0.25, 0.3) is 0 Å². The quantitative estimate of drug-likeness (QED) is 0.648. The topological polar surface area (TPSA) is 55.1 Å². The lowest BCUT2D eigenvalue weighted by atomic mass is 10.2. The molecule has 0 bridgehead atoms. The minimum absolute atomic E-state index is 0.168. The highest BCUT2D eigenvalue weighted by atomic mass is 19.2. The minimum Gasteiger partial charge on any atom is -0.399 e. The van der Waals surface area contributed by atoms with Crippen molar-refractivity contribution < 1.29 is 18.0 Å². The van der Waals surface area contributed by atoms with Crippen molar-refractivity contribution in [1.29, 1.82) is 0 Å². The van der Waals surface area contributed by atoms with Crippen molar-refractivity contribution in [1.82, 2.24) is 0 Å². The van der Waals surface area contributed by atoms with Gasteiger partial charge in [0.2, 0.25) is 0 Å². The summed E-state index contributed by atoms with van der Waals surface area (Å²) in [5, 5.41) is 2.26. The molecule has 0 aromatic heterocycles. The van der Waals surface area contributed by atoms with Crippen LogP contribution < -0.4 is 11.1 Å². The largest absolute Gasteiger partial charge is 0.399 e. The number of anilines is 2. The molecule has 2 aromatic carbocycles. The van der Waals surface area contributed by atoms with Gasteiger partial charge in [-0.2, -0.15) is 0 Å². The molecule has 2 aromatic rings. The fourth-order valence-corrected chi connectivity index (χ4v) is 1.47. The summed E-state index contributed by atoms with van der Waals surface area (Å²) >= 11 is 0. The predicted molar refractivity (Wildman–Crippen MR) is 65.1 cm³/mol. The molecule has 0 unspecified atom stereocenters. The Hall–Kier alpha value is -2.50. The lowest BCUT2D eigenvalue weighted by Gasteiger charge is -2.06. The van der Waals surface area contributed by atoms with Gasteiger partial charge in [-0.3, -0.25) is 4.79 Å².